The van der Waals surface area contributed by atoms with Crippen LogP contribution in [0.3, 0.4) is 0 Å². The summed E-state index contributed by atoms with van der Waals surface area (Å²) in [5.41, 5.74) is 2.37. The van der Waals surface area contributed by atoms with E-state index in [1.54, 1.807) is 24.3 Å². The van der Waals surface area contributed by atoms with Gasteiger partial charge in [-0.25, -0.2) is 4.79 Å². The molecule has 0 aliphatic carbocycles. The Morgan fingerprint density at radius 2 is 1.28 bits per heavy atom. The van der Waals surface area contributed by atoms with Crippen LogP contribution in [0.4, 0.5) is 0 Å². The van der Waals surface area contributed by atoms with Crippen LogP contribution in [0.15, 0.2) is 66.7 Å². The van der Waals surface area contributed by atoms with Crippen molar-refractivity contribution in [2.75, 3.05) is 21.3 Å². The van der Waals surface area contributed by atoms with Crippen molar-refractivity contribution < 1.29 is 23.7 Å². The predicted octanol–water partition coefficient (Wildman–Crippen LogP) is 5.10. The van der Waals surface area contributed by atoms with Gasteiger partial charge in [0.05, 0.1) is 26.9 Å². The van der Waals surface area contributed by atoms with Crippen molar-refractivity contribution in [2.45, 2.75) is 0 Å². The van der Waals surface area contributed by atoms with Crippen LogP contribution >= 0.6 is 0 Å². The van der Waals surface area contributed by atoms with Gasteiger partial charge in [0.2, 0.25) is 0 Å². The Bertz CT molecular complexity index is 1010. The topological polar surface area (TPSA) is 54.0 Å². The van der Waals surface area contributed by atoms with Gasteiger partial charge in [-0.3, -0.25) is 0 Å². The number of hydrogen-bond acceptors (Lipinski definition) is 5. The van der Waals surface area contributed by atoms with E-state index in [-0.39, 0.29) is 0 Å². The lowest BCUT2D eigenvalue weighted by Crippen LogP contribution is -2.09. The van der Waals surface area contributed by atoms with Crippen LogP contribution in [-0.4, -0.2) is 27.3 Å². The highest BCUT2D eigenvalue weighted by Crippen LogP contribution is 2.31. The maximum Gasteiger partial charge on any atom is 0.343 e. The van der Waals surface area contributed by atoms with Crippen molar-refractivity contribution in [1.82, 2.24) is 0 Å². The van der Waals surface area contributed by atoms with Crippen LogP contribution in [0, 0.1) is 0 Å². The van der Waals surface area contributed by atoms with E-state index >= 15 is 0 Å². The number of hydrogen-bond donors (Lipinski definition) is 0. The molecule has 0 saturated carbocycles. The Morgan fingerprint density at radius 3 is 1.97 bits per heavy atom. The van der Waals surface area contributed by atoms with Gasteiger partial charge in [0, 0.05) is 0 Å². The maximum absolute atomic E-state index is 12.6. The largest absolute Gasteiger partial charge is 0.493 e. The maximum atomic E-state index is 12.6. The lowest BCUT2D eigenvalue weighted by atomic mass is 10.1. The van der Waals surface area contributed by atoms with Gasteiger partial charge >= 0.3 is 5.97 Å². The molecule has 0 amide bonds. The van der Waals surface area contributed by atoms with Crippen LogP contribution in [0.5, 0.6) is 23.0 Å². The number of benzene rings is 3. The molecule has 3 rings (SSSR count). The zero-order valence-corrected chi connectivity index (χ0v) is 16.5. The molecule has 0 N–H and O–H groups in total. The molecule has 3 aromatic carbocycles. The smallest absolute Gasteiger partial charge is 0.343 e. The molecular weight excluding hydrogens is 368 g/mol. The van der Waals surface area contributed by atoms with Gasteiger partial charge < -0.3 is 18.9 Å². The molecule has 0 atom stereocenters. The van der Waals surface area contributed by atoms with E-state index in [9.17, 15) is 4.79 Å². The van der Waals surface area contributed by atoms with Gasteiger partial charge in [-0.15, -0.1) is 0 Å². The quantitative estimate of drug-likeness (QED) is 0.319. The van der Waals surface area contributed by atoms with E-state index in [1.807, 2.05) is 54.6 Å². The Balaban J connectivity index is 1.78. The molecule has 5 heteroatoms. The molecule has 29 heavy (non-hydrogen) atoms. The third-order valence-corrected chi connectivity index (χ3v) is 4.28. The number of ether oxygens (including phenoxy) is 4. The Kier molecular flexibility index (Phi) is 6.53. The second kappa shape index (κ2) is 9.46. The van der Waals surface area contributed by atoms with E-state index in [0.717, 1.165) is 11.1 Å². The second-order valence-electron chi connectivity index (χ2n) is 6.11. The molecular formula is C24H22O5. The highest BCUT2D eigenvalue weighted by molar-refractivity contribution is 5.92. The minimum absolute atomic E-state index is 0.337. The molecule has 0 heterocycles. The van der Waals surface area contributed by atoms with Crippen LogP contribution in [-0.2, 0) is 0 Å². The molecule has 0 bridgehead atoms. The van der Waals surface area contributed by atoms with E-state index < -0.39 is 5.97 Å². The normalized spacial score (nSPS) is 10.6. The van der Waals surface area contributed by atoms with Gasteiger partial charge in [0.15, 0.2) is 23.0 Å². The van der Waals surface area contributed by atoms with E-state index in [1.165, 1.54) is 21.3 Å². The Labute approximate surface area is 170 Å². The molecule has 0 unspecified atom stereocenters. The summed E-state index contributed by atoms with van der Waals surface area (Å²) in [4.78, 5) is 12.6. The van der Waals surface area contributed by atoms with Crippen LogP contribution < -0.4 is 18.9 Å². The monoisotopic (exact) mass is 390 g/mol. The molecule has 0 saturated heterocycles. The lowest BCUT2D eigenvalue weighted by Gasteiger charge is -2.12. The fourth-order valence-electron chi connectivity index (χ4n) is 2.75. The average Bonchev–Trinajstić information content (AvgIpc) is 2.78. The molecule has 0 aliphatic rings. The number of esters is 1. The highest BCUT2D eigenvalue weighted by atomic mass is 16.6. The van der Waals surface area contributed by atoms with Gasteiger partial charge in [-0.05, 0) is 41.5 Å². The number of methoxy groups -OCH3 is 3. The van der Waals surface area contributed by atoms with Gasteiger partial charge in [-0.2, -0.15) is 0 Å². The van der Waals surface area contributed by atoms with Gasteiger partial charge in [0.25, 0.3) is 0 Å². The first kappa shape index (κ1) is 20.0. The van der Waals surface area contributed by atoms with E-state index in [4.69, 9.17) is 18.9 Å². The van der Waals surface area contributed by atoms with Crippen molar-refractivity contribution in [3.8, 4) is 23.0 Å². The van der Waals surface area contributed by atoms with E-state index in [2.05, 4.69) is 0 Å². The standard InChI is InChI=1S/C24H22O5/c1-26-20-14-12-19(16-23(20)28-3)24(25)29-21-13-11-18(15-22(21)27-2)10-9-17-7-5-4-6-8-17/h4-16H,1-3H3. The molecule has 0 radical (unpaired) electrons. The summed E-state index contributed by atoms with van der Waals surface area (Å²) in [5, 5.41) is 0. The third kappa shape index (κ3) is 4.96. The summed E-state index contributed by atoms with van der Waals surface area (Å²) in [6, 6.07) is 20.2. The molecule has 3 aromatic rings. The van der Waals surface area contributed by atoms with Crippen LogP contribution in [0.25, 0.3) is 12.2 Å². The number of carbonyl (C=O) groups excluding carboxylic acids is 1. The first-order valence-electron chi connectivity index (χ1n) is 9.00. The third-order valence-electron chi connectivity index (χ3n) is 4.28. The van der Waals surface area contributed by atoms with Crippen molar-refractivity contribution >= 4 is 18.1 Å². The first-order chi connectivity index (χ1) is 14.1. The minimum atomic E-state index is -0.517. The van der Waals surface area contributed by atoms with E-state index in [0.29, 0.717) is 28.6 Å². The SMILES string of the molecule is COc1ccc(C(=O)Oc2ccc(C=Cc3ccccc3)cc2OC)cc1OC. The summed E-state index contributed by atoms with van der Waals surface area (Å²) in [6.07, 6.45) is 3.97. The van der Waals surface area contributed by atoms with Crippen molar-refractivity contribution in [2.24, 2.45) is 0 Å². The Hall–Kier alpha value is -3.73. The zero-order valence-electron chi connectivity index (χ0n) is 16.5. The second-order valence-corrected chi connectivity index (χ2v) is 6.11. The lowest BCUT2D eigenvalue weighted by molar-refractivity contribution is 0.0729. The number of rotatable bonds is 7. The zero-order chi connectivity index (χ0) is 20.6. The molecule has 148 valence electrons. The molecule has 0 spiro atoms. The highest BCUT2D eigenvalue weighted by Gasteiger charge is 2.15. The molecule has 5 nitrogen and oxygen atoms in total. The summed E-state index contributed by atoms with van der Waals surface area (Å²) >= 11 is 0. The summed E-state index contributed by atoms with van der Waals surface area (Å²) in [7, 11) is 4.58. The van der Waals surface area contributed by atoms with Crippen LogP contribution in [0.2, 0.25) is 0 Å². The van der Waals surface area contributed by atoms with Crippen LogP contribution in [0.1, 0.15) is 21.5 Å². The molecule has 0 fully saturated rings. The van der Waals surface area contributed by atoms with Crippen molar-refractivity contribution in [1.29, 1.82) is 0 Å². The molecule has 0 aromatic heterocycles. The minimum Gasteiger partial charge on any atom is -0.493 e. The predicted molar refractivity (Wildman–Crippen MR) is 113 cm³/mol. The fraction of sp³-hybridized carbons (Fsp3) is 0.125. The average molecular weight is 390 g/mol. The van der Waals surface area contributed by atoms with Crippen molar-refractivity contribution in [3.63, 3.8) is 0 Å². The first-order valence-corrected chi connectivity index (χ1v) is 9.00. The molecule has 0 aliphatic heterocycles. The Morgan fingerprint density at radius 1 is 0.655 bits per heavy atom. The van der Waals surface area contributed by atoms with Crippen molar-refractivity contribution in [3.05, 3.63) is 83.4 Å². The summed E-state index contributed by atoms with van der Waals surface area (Å²) in [6.45, 7) is 0. The number of carbonyl (C=O) groups is 1. The van der Waals surface area contributed by atoms with Gasteiger partial charge in [0.1, 0.15) is 0 Å². The fourth-order valence-corrected chi connectivity index (χ4v) is 2.75. The van der Waals surface area contributed by atoms with Gasteiger partial charge in [-0.1, -0.05) is 48.6 Å². The summed E-state index contributed by atoms with van der Waals surface area (Å²) < 4.78 is 21.4. The summed E-state index contributed by atoms with van der Waals surface area (Å²) in [5.74, 6) is 1.28.